The maximum absolute atomic E-state index is 12.5. The Kier molecular flexibility index (Phi) is 5.88. The normalized spacial score (nSPS) is 20.7. The predicted octanol–water partition coefficient (Wildman–Crippen LogP) is 3.11. The van der Waals surface area contributed by atoms with Gasteiger partial charge in [0.15, 0.2) is 0 Å². The van der Waals surface area contributed by atoms with E-state index in [9.17, 15) is 9.59 Å². The summed E-state index contributed by atoms with van der Waals surface area (Å²) in [6, 6.07) is 7.66. The second kappa shape index (κ2) is 7.97. The van der Waals surface area contributed by atoms with Gasteiger partial charge in [-0.25, -0.2) is 0 Å². The number of rotatable bonds is 5. The summed E-state index contributed by atoms with van der Waals surface area (Å²) >= 11 is 5.93. The van der Waals surface area contributed by atoms with E-state index in [1.807, 2.05) is 41.0 Å². The third-order valence-corrected chi connectivity index (χ3v) is 6.01. The van der Waals surface area contributed by atoms with Crippen LogP contribution in [-0.2, 0) is 20.9 Å². The molecule has 1 atom stereocenters. The molecule has 2 aliphatic heterocycles. The quantitative estimate of drug-likeness (QED) is 0.791. The van der Waals surface area contributed by atoms with Gasteiger partial charge in [0.25, 0.3) is 5.91 Å². The van der Waals surface area contributed by atoms with Gasteiger partial charge in [-0.15, -0.1) is 0 Å². The van der Waals surface area contributed by atoms with E-state index in [0.717, 1.165) is 24.9 Å². The van der Waals surface area contributed by atoms with Gasteiger partial charge < -0.3 is 14.5 Å². The second-order valence-corrected chi connectivity index (χ2v) is 7.95. The maximum Gasteiger partial charge on any atom is 0.251 e. The molecule has 142 valence electrons. The summed E-state index contributed by atoms with van der Waals surface area (Å²) in [7, 11) is 1.59. The molecule has 6 heteroatoms. The Bertz CT molecular complexity index is 650. The molecular formula is C20H27ClN2O3. The molecule has 2 aliphatic rings. The van der Waals surface area contributed by atoms with Crippen LogP contribution in [0.4, 0.5) is 0 Å². The highest BCUT2D eigenvalue weighted by Gasteiger charge is 2.45. The molecule has 3 rings (SSSR count). The van der Waals surface area contributed by atoms with Gasteiger partial charge in [-0.1, -0.05) is 30.7 Å². The molecule has 0 aromatic heterocycles. The highest BCUT2D eigenvalue weighted by atomic mass is 35.5. The number of hydrogen-bond acceptors (Lipinski definition) is 3. The van der Waals surface area contributed by atoms with Gasteiger partial charge >= 0.3 is 0 Å². The summed E-state index contributed by atoms with van der Waals surface area (Å²) in [5, 5.41) is 0.705. The summed E-state index contributed by atoms with van der Waals surface area (Å²) in [6.45, 7) is 4.78. The number of carbonyl (C=O) groups excluding carboxylic acids is 2. The second-order valence-electron chi connectivity index (χ2n) is 7.51. The van der Waals surface area contributed by atoms with Crippen molar-refractivity contribution < 1.29 is 14.3 Å². The fraction of sp³-hybridized carbons (Fsp3) is 0.600. The molecule has 2 amide bonds. The van der Waals surface area contributed by atoms with Crippen molar-refractivity contribution >= 4 is 23.4 Å². The zero-order chi connectivity index (χ0) is 18.7. The number of ether oxygens (including phenoxy) is 1. The van der Waals surface area contributed by atoms with E-state index in [2.05, 4.69) is 0 Å². The van der Waals surface area contributed by atoms with E-state index < -0.39 is 0 Å². The number of nitrogens with zero attached hydrogens (tertiary/aromatic N) is 2. The summed E-state index contributed by atoms with van der Waals surface area (Å²) in [4.78, 5) is 28.9. The number of methoxy groups -OCH3 is 1. The monoisotopic (exact) mass is 378 g/mol. The topological polar surface area (TPSA) is 49.9 Å². The Morgan fingerprint density at radius 1 is 1.27 bits per heavy atom. The first-order valence-corrected chi connectivity index (χ1v) is 9.68. The minimum atomic E-state index is -0.351. The minimum absolute atomic E-state index is 0.00900. The van der Waals surface area contributed by atoms with Crippen LogP contribution in [0.25, 0.3) is 0 Å². The first-order valence-electron chi connectivity index (χ1n) is 9.30. The molecule has 1 aromatic carbocycles. The SMILES string of the molecule is CC[C@@H](OC)C(=O)N1CCC2(CC1)CC(=O)N(Cc1ccc(Cl)cc1)C2. The van der Waals surface area contributed by atoms with Crippen LogP contribution in [0.3, 0.4) is 0 Å². The third-order valence-electron chi connectivity index (χ3n) is 5.76. The lowest BCUT2D eigenvalue weighted by Gasteiger charge is -2.39. The first kappa shape index (κ1) is 19.2. The number of carbonyl (C=O) groups is 2. The van der Waals surface area contributed by atoms with Gasteiger partial charge in [-0.3, -0.25) is 9.59 Å². The highest BCUT2D eigenvalue weighted by Crippen LogP contribution is 2.41. The van der Waals surface area contributed by atoms with Crippen LogP contribution in [0.15, 0.2) is 24.3 Å². The highest BCUT2D eigenvalue weighted by molar-refractivity contribution is 6.30. The lowest BCUT2D eigenvalue weighted by Crippen LogP contribution is -2.48. The molecule has 1 aromatic rings. The Morgan fingerprint density at radius 3 is 2.50 bits per heavy atom. The molecule has 1 spiro atoms. The number of halogens is 1. The van der Waals surface area contributed by atoms with Crippen molar-refractivity contribution in [2.24, 2.45) is 5.41 Å². The van der Waals surface area contributed by atoms with Gasteiger partial charge in [0.2, 0.25) is 5.91 Å². The molecule has 0 bridgehead atoms. The van der Waals surface area contributed by atoms with Crippen LogP contribution in [0.1, 0.15) is 38.2 Å². The fourth-order valence-electron chi connectivity index (χ4n) is 4.12. The zero-order valence-electron chi connectivity index (χ0n) is 15.5. The van der Waals surface area contributed by atoms with Gasteiger partial charge in [-0.05, 0) is 37.0 Å². The molecule has 2 heterocycles. The summed E-state index contributed by atoms with van der Waals surface area (Å²) in [5.74, 6) is 0.287. The average molecular weight is 379 g/mol. The lowest BCUT2D eigenvalue weighted by atomic mass is 9.77. The molecule has 26 heavy (non-hydrogen) atoms. The van der Waals surface area contributed by atoms with Gasteiger partial charge in [0.05, 0.1) is 0 Å². The van der Waals surface area contributed by atoms with Crippen LogP contribution < -0.4 is 0 Å². The van der Waals surface area contributed by atoms with E-state index in [1.54, 1.807) is 7.11 Å². The van der Waals surface area contributed by atoms with Crippen molar-refractivity contribution in [2.75, 3.05) is 26.7 Å². The van der Waals surface area contributed by atoms with Crippen molar-refractivity contribution in [3.05, 3.63) is 34.9 Å². The molecule has 2 fully saturated rings. The van der Waals surface area contributed by atoms with E-state index in [1.165, 1.54) is 0 Å². The van der Waals surface area contributed by atoms with E-state index in [0.29, 0.717) is 37.5 Å². The third kappa shape index (κ3) is 4.04. The molecule has 0 N–H and O–H groups in total. The molecule has 0 saturated carbocycles. The van der Waals surface area contributed by atoms with Crippen molar-refractivity contribution in [1.29, 1.82) is 0 Å². The molecule has 0 unspecified atom stereocenters. The van der Waals surface area contributed by atoms with Crippen LogP contribution >= 0.6 is 11.6 Å². The Morgan fingerprint density at radius 2 is 1.92 bits per heavy atom. The van der Waals surface area contributed by atoms with E-state index >= 15 is 0 Å². The van der Waals surface area contributed by atoms with E-state index in [4.69, 9.17) is 16.3 Å². The molecule has 0 radical (unpaired) electrons. The van der Waals surface area contributed by atoms with Crippen molar-refractivity contribution in [3.8, 4) is 0 Å². The fourth-order valence-corrected chi connectivity index (χ4v) is 4.24. The maximum atomic E-state index is 12.5. The van der Waals surface area contributed by atoms with Crippen LogP contribution in [-0.4, -0.2) is 54.5 Å². The zero-order valence-corrected chi connectivity index (χ0v) is 16.3. The standard InChI is InChI=1S/C20H27ClN2O3/c1-3-17(26-2)19(25)22-10-8-20(9-11-22)12-18(24)23(14-20)13-15-4-6-16(21)7-5-15/h4-7,17H,3,8-14H2,1-2H3/t17-/m1/s1. The number of piperidine rings is 1. The number of hydrogen-bond donors (Lipinski definition) is 0. The number of benzene rings is 1. The van der Waals surface area contributed by atoms with Crippen molar-refractivity contribution in [3.63, 3.8) is 0 Å². The smallest absolute Gasteiger partial charge is 0.251 e. The van der Waals surface area contributed by atoms with Gasteiger partial charge in [0.1, 0.15) is 6.10 Å². The lowest BCUT2D eigenvalue weighted by molar-refractivity contribution is -0.144. The van der Waals surface area contributed by atoms with Crippen molar-refractivity contribution in [2.45, 2.75) is 45.3 Å². The number of likely N-dealkylation sites (tertiary alicyclic amines) is 2. The van der Waals surface area contributed by atoms with Crippen molar-refractivity contribution in [1.82, 2.24) is 9.80 Å². The van der Waals surface area contributed by atoms with E-state index in [-0.39, 0.29) is 23.3 Å². The Labute approximate surface area is 160 Å². The summed E-state index contributed by atoms with van der Waals surface area (Å²) in [6.07, 6.45) is 2.67. The molecule has 0 aliphatic carbocycles. The van der Waals surface area contributed by atoms with Crippen LogP contribution in [0, 0.1) is 5.41 Å². The van der Waals surface area contributed by atoms with Gasteiger partial charge in [0, 0.05) is 50.1 Å². The molecule has 5 nitrogen and oxygen atoms in total. The largest absolute Gasteiger partial charge is 0.372 e. The Hall–Kier alpha value is -1.59. The Balaban J connectivity index is 1.58. The molecular weight excluding hydrogens is 352 g/mol. The van der Waals surface area contributed by atoms with Crippen LogP contribution in [0.5, 0.6) is 0 Å². The minimum Gasteiger partial charge on any atom is -0.372 e. The van der Waals surface area contributed by atoms with Gasteiger partial charge in [-0.2, -0.15) is 0 Å². The average Bonchev–Trinajstić information content (AvgIpc) is 2.93. The molecule has 2 saturated heterocycles. The summed E-state index contributed by atoms with van der Waals surface area (Å²) in [5.41, 5.74) is 1.10. The number of amides is 2. The summed E-state index contributed by atoms with van der Waals surface area (Å²) < 4.78 is 5.28. The first-order chi connectivity index (χ1) is 12.5. The van der Waals surface area contributed by atoms with Crippen LogP contribution in [0.2, 0.25) is 5.02 Å². The predicted molar refractivity (Wildman–Crippen MR) is 101 cm³/mol.